The third-order valence-electron chi connectivity index (χ3n) is 4.26. The monoisotopic (exact) mass is 481 g/mol. The van der Waals surface area contributed by atoms with Crippen LogP contribution in [0.4, 0.5) is 10.1 Å². The van der Waals surface area contributed by atoms with Gasteiger partial charge in [0, 0.05) is 12.1 Å². The van der Waals surface area contributed by atoms with Gasteiger partial charge in [-0.05, 0) is 37.3 Å². The van der Waals surface area contributed by atoms with Gasteiger partial charge in [-0.15, -0.1) is 10.2 Å². The van der Waals surface area contributed by atoms with Crippen LogP contribution in [0.25, 0.3) is 0 Å². The third-order valence-corrected chi connectivity index (χ3v) is 5.84. The molecule has 162 valence electrons. The summed E-state index contributed by atoms with van der Waals surface area (Å²) in [6.45, 7) is 1.71. The molecule has 0 aliphatic carbocycles. The van der Waals surface area contributed by atoms with Crippen molar-refractivity contribution >= 4 is 52.5 Å². The lowest BCUT2D eigenvalue weighted by atomic mass is 10.2. The summed E-state index contributed by atoms with van der Waals surface area (Å²) in [4.78, 5) is 24.6. The van der Waals surface area contributed by atoms with Crippen molar-refractivity contribution in [1.82, 2.24) is 20.1 Å². The lowest BCUT2D eigenvalue weighted by molar-refractivity contribution is -0.113. The lowest BCUT2D eigenvalue weighted by Gasteiger charge is -2.14. The topological polar surface area (TPSA) is 88.9 Å². The van der Waals surface area contributed by atoms with Crippen molar-refractivity contribution in [3.8, 4) is 0 Å². The van der Waals surface area contributed by atoms with Crippen molar-refractivity contribution in [3.63, 3.8) is 0 Å². The summed E-state index contributed by atoms with van der Waals surface area (Å²) in [6, 6.07) is 9.98. The summed E-state index contributed by atoms with van der Waals surface area (Å²) in [5.41, 5.74) is 0.366. The predicted octanol–water partition coefficient (Wildman–Crippen LogP) is 4.48. The van der Waals surface area contributed by atoms with E-state index in [0.717, 1.165) is 0 Å². The number of thioether (sulfide) groups is 1. The molecular formula is C20H18Cl2FN5O2S. The van der Waals surface area contributed by atoms with Crippen LogP contribution >= 0.6 is 35.0 Å². The van der Waals surface area contributed by atoms with Gasteiger partial charge in [0.1, 0.15) is 5.82 Å². The van der Waals surface area contributed by atoms with E-state index in [1.54, 1.807) is 42.8 Å². The summed E-state index contributed by atoms with van der Waals surface area (Å²) in [5, 5.41) is 14.9. The molecule has 2 amide bonds. The number of hydrogen-bond acceptors (Lipinski definition) is 5. The largest absolute Gasteiger partial charge is 0.342 e. The molecule has 0 saturated carbocycles. The molecule has 0 radical (unpaired) electrons. The third kappa shape index (κ3) is 5.75. The highest BCUT2D eigenvalue weighted by atomic mass is 35.5. The smallest absolute Gasteiger partial charge is 0.254 e. The highest BCUT2D eigenvalue weighted by Gasteiger charge is 2.20. The number of amides is 2. The van der Waals surface area contributed by atoms with Crippen LogP contribution in [0.15, 0.2) is 47.6 Å². The molecule has 1 atom stereocenters. The fraction of sp³-hybridized carbons (Fsp3) is 0.200. The second-order valence-corrected chi connectivity index (χ2v) is 8.32. The number of anilines is 1. The van der Waals surface area contributed by atoms with Crippen LogP contribution in [0.3, 0.4) is 0 Å². The first kappa shape index (κ1) is 23.1. The fourth-order valence-electron chi connectivity index (χ4n) is 2.72. The normalized spacial score (nSPS) is 11.8. The molecule has 7 nitrogen and oxygen atoms in total. The first-order valence-electron chi connectivity index (χ1n) is 9.08. The standard InChI is InChI=1S/C20H18Cl2FN5O2S/c1-11(24-19(30)13-5-3-4-6-15(13)23)18-26-27-20(28(18)2)31-10-17(29)25-16-9-12(21)7-8-14(16)22/h3-9,11H,10H2,1-2H3,(H,24,30)(H,25,29). The minimum atomic E-state index is -0.604. The summed E-state index contributed by atoms with van der Waals surface area (Å²) in [6.07, 6.45) is 0. The summed E-state index contributed by atoms with van der Waals surface area (Å²) < 4.78 is 15.5. The highest BCUT2D eigenvalue weighted by Crippen LogP contribution is 2.26. The van der Waals surface area contributed by atoms with Gasteiger partial charge in [-0.1, -0.05) is 47.1 Å². The van der Waals surface area contributed by atoms with Crippen molar-refractivity contribution < 1.29 is 14.0 Å². The first-order chi connectivity index (χ1) is 14.8. The Bertz CT molecular complexity index is 1120. The number of carbonyl (C=O) groups is 2. The van der Waals surface area contributed by atoms with E-state index in [2.05, 4.69) is 20.8 Å². The molecule has 0 spiro atoms. The molecule has 31 heavy (non-hydrogen) atoms. The van der Waals surface area contributed by atoms with Gasteiger partial charge in [-0.3, -0.25) is 9.59 Å². The Morgan fingerprint density at radius 2 is 1.94 bits per heavy atom. The van der Waals surface area contributed by atoms with E-state index < -0.39 is 17.8 Å². The summed E-state index contributed by atoms with van der Waals surface area (Å²) in [5.74, 6) is -0.928. The molecule has 2 N–H and O–H groups in total. The molecule has 1 unspecified atom stereocenters. The molecule has 11 heteroatoms. The van der Waals surface area contributed by atoms with Gasteiger partial charge in [0.05, 0.1) is 28.1 Å². The number of rotatable bonds is 7. The zero-order chi connectivity index (χ0) is 22.5. The summed E-state index contributed by atoms with van der Waals surface area (Å²) >= 11 is 13.1. The maximum absolute atomic E-state index is 13.8. The zero-order valence-electron chi connectivity index (χ0n) is 16.5. The van der Waals surface area contributed by atoms with Crippen molar-refractivity contribution in [1.29, 1.82) is 0 Å². The van der Waals surface area contributed by atoms with Crippen LogP contribution in [-0.4, -0.2) is 32.3 Å². The van der Waals surface area contributed by atoms with E-state index in [0.29, 0.717) is 26.7 Å². The zero-order valence-corrected chi connectivity index (χ0v) is 18.9. The van der Waals surface area contributed by atoms with Gasteiger partial charge in [0.15, 0.2) is 11.0 Å². The number of nitrogens with one attached hydrogen (secondary N) is 2. The van der Waals surface area contributed by atoms with Crippen LogP contribution in [-0.2, 0) is 11.8 Å². The molecule has 0 fully saturated rings. The Kier molecular flexibility index (Phi) is 7.53. The molecule has 2 aromatic carbocycles. The van der Waals surface area contributed by atoms with Gasteiger partial charge in [0.25, 0.3) is 5.91 Å². The van der Waals surface area contributed by atoms with Crippen LogP contribution < -0.4 is 10.6 Å². The number of halogens is 3. The summed E-state index contributed by atoms with van der Waals surface area (Å²) in [7, 11) is 1.72. The van der Waals surface area contributed by atoms with Crippen LogP contribution in [0.5, 0.6) is 0 Å². The maximum atomic E-state index is 13.8. The Morgan fingerprint density at radius 3 is 2.68 bits per heavy atom. The van der Waals surface area contributed by atoms with Gasteiger partial charge >= 0.3 is 0 Å². The quantitative estimate of drug-likeness (QED) is 0.485. The molecule has 1 heterocycles. The Labute approximate surface area is 192 Å². The molecule has 3 aromatic rings. The Morgan fingerprint density at radius 1 is 1.19 bits per heavy atom. The van der Waals surface area contributed by atoms with Crippen molar-refractivity contribution in [2.45, 2.75) is 18.1 Å². The predicted molar refractivity (Wildman–Crippen MR) is 119 cm³/mol. The molecule has 0 saturated heterocycles. The van der Waals surface area contributed by atoms with Crippen molar-refractivity contribution in [2.75, 3.05) is 11.1 Å². The maximum Gasteiger partial charge on any atom is 0.254 e. The number of benzene rings is 2. The number of hydrogen-bond donors (Lipinski definition) is 2. The number of nitrogens with zero attached hydrogens (tertiary/aromatic N) is 3. The van der Waals surface area contributed by atoms with Crippen molar-refractivity contribution in [3.05, 3.63) is 69.7 Å². The fourth-order valence-corrected chi connectivity index (χ4v) is 3.78. The van der Waals surface area contributed by atoms with Crippen LogP contribution in [0.2, 0.25) is 10.0 Å². The molecule has 0 bridgehead atoms. The van der Waals surface area contributed by atoms with E-state index in [1.807, 2.05) is 0 Å². The number of carbonyl (C=O) groups excluding carboxylic acids is 2. The SMILES string of the molecule is CC(NC(=O)c1ccccc1F)c1nnc(SCC(=O)Nc2cc(Cl)ccc2Cl)n1C. The average molecular weight is 482 g/mol. The molecule has 0 aliphatic heterocycles. The van der Waals surface area contributed by atoms with E-state index in [1.165, 1.54) is 30.0 Å². The van der Waals surface area contributed by atoms with Gasteiger partial charge in [0.2, 0.25) is 5.91 Å². The molecule has 1 aromatic heterocycles. The molecule has 3 rings (SSSR count). The minimum absolute atomic E-state index is 0.0533. The number of aromatic nitrogens is 3. The Balaban J connectivity index is 1.60. The lowest BCUT2D eigenvalue weighted by Crippen LogP contribution is -2.29. The van der Waals surface area contributed by atoms with Gasteiger partial charge in [-0.2, -0.15) is 0 Å². The van der Waals surface area contributed by atoms with Crippen molar-refractivity contribution in [2.24, 2.45) is 7.05 Å². The van der Waals surface area contributed by atoms with Gasteiger partial charge in [-0.25, -0.2) is 4.39 Å². The highest BCUT2D eigenvalue weighted by molar-refractivity contribution is 7.99. The van der Waals surface area contributed by atoms with E-state index in [9.17, 15) is 14.0 Å². The average Bonchev–Trinajstić information content (AvgIpc) is 3.10. The minimum Gasteiger partial charge on any atom is -0.342 e. The molecular weight excluding hydrogens is 464 g/mol. The van der Waals surface area contributed by atoms with Gasteiger partial charge < -0.3 is 15.2 Å². The Hall–Kier alpha value is -2.62. The van der Waals surface area contributed by atoms with E-state index in [-0.39, 0.29) is 17.2 Å². The second kappa shape index (κ2) is 10.1. The first-order valence-corrected chi connectivity index (χ1v) is 10.8. The van der Waals surface area contributed by atoms with Crippen LogP contribution in [0, 0.1) is 5.82 Å². The van der Waals surface area contributed by atoms with E-state index in [4.69, 9.17) is 23.2 Å². The van der Waals surface area contributed by atoms with Crippen LogP contribution in [0.1, 0.15) is 29.1 Å². The van der Waals surface area contributed by atoms with E-state index >= 15 is 0 Å². The molecule has 0 aliphatic rings. The second-order valence-electron chi connectivity index (χ2n) is 6.54.